The second kappa shape index (κ2) is 50.7. The van der Waals surface area contributed by atoms with Crippen LogP contribution in [-0.2, 0) is 23.8 Å². The predicted octanol–water partition coefficient (Wildman–Crippen LogP) is 14.3. The number of esters is 1. The van der Waals surface area contributed by atoms with Crippen molar-refractivity contribution in [3.05, 3.63) is 36.5 Å². The van der Waals surface area contributed by atoms with Gasteiger partial charge in [0, 0.05) is 6.42 Å². The minimum absolute atomic E-state index is 0.127. The normalized spacial score (nSPS) is 19.6. The van der Waals surface area contributed by atoms with Crippen LogP contribution in [0.15, 0.2) is 36.5 Å². The molecule has 1 rings (SSSR count). The minimum atomic E-state index is -1.61. The first kappa shape index (κ1) is 68.9. The zero-order chi connectivity index (χ0) is 53.3. The van der Waals surface area contributed by atoms with Gasteiger partial charge in [-0.2, -0.15) is 0 Å². The number of unbranched alkanes of at least 4 members (excludes halogenated alkanes) is 34. The van der Waals surface area contributed by atoms with E-state index in [1.165, 1.54) is 167 Å². The number of rotatable bonds is 52. The Morgan fingerprint density at radius 3 is 1.42 bits per heavy atom. The van der Waals surface area contributed by atoms with E-state index >= 15 is 0 Å². The number of nitrogens with one attached hydrogen (secondary N) is 1. The van der Waals surface area contributed by atoms with Crippen molar-refractivity contribution >= 4 is 11.9 Å². The topological polar surface area (TPSA) is 175 Å². The lowest BCUT2D eigenvalue weighted by Gasteiger charge is -2.41. The third-order valence-electron chi connectivity index (χ3n) is 14.5. The summed E-state index contributed by atoms with van der Waals surface area (Å²) < 4.78 is 17.6. The summed E-state index contributed by atoms with van der Waals surface area (Å²) in [7, 11) is 0. The average Bonchev–Trinajstić information content (AvgIpc) is 3.39. The van der Waals surface area contributed by atoms with E-state index in [9.17, 15) is 35.1 Å². The smallest absolute Gasteiger partial charge is 0.306 e. The van der Waals surface area contributed by atoms with Crippen LogP contribution < -0.4 is 5.32 Å². The summed E-state index contributed by atoms with van der Waals surface area (Å²) >= 11 is 0. The van der Waals surface area contributed by atoms with Crippen molar-refractivity contribution < 1.29 is 49.3 Å². The van der Waals surface area contributed by atoms with Gasteiger partial charge in [-0.05, 0) is 57.8 Å². The molecule has 1 heterocycles. The van der Waals surface area contributed by atoms with E-state index in [0.29, 0.717) is 12.8 Å². The molecule has 0 aromatic carbocycles. The molecule has 0 saturated carbocycles. The van der Waals surface area contributed by atoms with Gasteiger partial charge in [0.05, 0.1) is 25.4 Å². The highest BCUT2D eigenvalue weighted by Gasteiger charge is 2.47. The first-order chi connectivity index (χ1) is 35.7. The molecule has 11 nitrogen and oxygen atoms in total. The van der Waals surface area contributed by atoms with Gasteiger partial charge in [-0.25, -0.2) is 0 Å². The first-order valence-corrected chi connectivity index (χ1v) is 30.8. The number of amides is 1. The molecule has 73 heavy (non-hydrogen) atoms. The quantitative estimate of drug-likeness (QED) is 0.0195. The van der Waals surface area contributed by atoms with Crippen LogP contribution in [0.25, 0.3) is 0 Å². The number of aliphatic hydroxyl groups excluding tert-OH is 5. The van der Waals surface area contributed by atoms with Gasteiger partial charge in [0.25, 0.3) is 0 Å². The summed E-state index contributed by atoms with van der Waals surface area (Å²) in [6, 6.07) is -1.02. The molecule has 1 aliphatic rings. The Kier molecular flexibility index (Phi) is 47.8. The van der Waals surface area contributed by atoms with Crippen LogP contribution in [0, 0.1) is 0 Å². The molecule has 0 aromatic heterocycles. The molecule has 0 radical (unpaired) electrons. The summed E-state index contributed by atoms with van der Waals surface area (Å²) in [4.78, 5) is 26.5. The highest BCUT2D eigenvalue weighted by atomic mass is 16.7. The zero-order valence-electron chi connectivity index (χ0n) is 47.3. The van der Waals surface area contributed by atoms with Crippen LogP contribution in [0.1, 0.15) is 284 Å². The van der Waals surface area contributed by atoms with Crippen molar-refractivity contribution in [3.8, 4) is 0 Å². The molecule has 428 valence electrons. The Morgan fingerprint density at radius 1 is 0.534 bits per heavy atom. The Bertz CT molecular complexity index is 1330. The molecule has 11 heteroatoms. The fraction of sp³-hybridized carbons (Fsp3) is 0.871. The molecule has 1 aliphatic heterocycles. The van der Waals surface area contributed by atoms with Gasteiger partial charge in [-0.15, -0.1) is 0 Å². The van der Waals surface area contributed by atoms with Gasteiger partial charge >= 0.3 is 5.97 Å². The Hall–Kier alpha value is -2.12. The Labute approximate surface area is 447 Å². The van der Waals surface area contributed by atoms with Crippen LogP contribution in [0.3, 0.4) is 0 Å². The van der Waals surface area contributed by atoms with E-state index < -0.39 is 67.4 Å². The van der Waals surface area contributed by atoms with E-state index in [2.05, 4.69) is 50.4 Å². The molecular formula is C62H115NO10. The third-order valence-corrected chi connectivity index (χ3v) is 14.5. The number of carbonyl (C=O) groups is 2. The largest absolute Gasteiger partial charge is 0.454 e. The SMILES string of the molecule is CCCCC/C=C\C/C=C\CCCCCCCCCCC(O)C(=O)NC(COC1OC(CO)C(O)C(O)C1OC(=O)CCCCCCCCCCCCCCC)C(O)/C=C/CCCCCCCCCCCCC. The van der Waals surface area contributed by atoms with Crippen molar-refractivity contribution in [2.45, 2.75) is 333 Å². The maximum absolute atomic E-state index is 13.4. The summed E-state index contributed by atoms with van der Waals surface area (Å²) in [5.41, 5.74) is 0. The fourth-order valence-corrected chi connectivity index (χ4v) is 9.62. The lowest BCUT2D eigenvalue weighted by molar-refractivity contribution is -0.305. The monoisotopic (exact) mass is 1030 g/mol. The lowest BCUT2D eigenvalue weighted by Crippen LogP contribution is -2.61. The predicted molar refractivity (Wildman–Crippen MR) is 301 cm³/mol. The molecule has 1 fully saturated rings. The minimum Gasteiger partial charge on any atom is -0.454 e. The first-order valence-electron chi connectivity index (χ1n) is 30.8. The van der Waals surface area contributed by atoms with Gasteiger partial charge < -0.3 is 45.1 Å². The molecule has 1 amide bonds. The van der Waals surface area contributed by atoms with E-state index in [1.807, 2.05) is 6.08 Å². The molecule has 6 N–H and O–H groups in total. The highest BCUT2D eigenvalue weighted by molar-refractivity contribution is 5.80. The zero-order valence-corrected chi connectivity index (χ0v) is 47.3. The van der Waals surface area contributed by atoms with Gasteiger partial charge in [0.15, 0.2) is 12.4 Å². The number of carbonyl (C=O) groups excluding carboxylic acids is 2. The summed E-state index contributed by atoms with van der Waals surface area (Å²) in [5, 5.41) is 56.9. The lowest BCUT2D eigenvalue weighted by atomic mass is 9.99. The highest BCUT2D eigenvalue weighted by Crippen LogP contribution is 2.26. The molecule has 8 atom stereocenters. The van der Waals surface area contributed by atoms with E-state index in [4.69, 9.17) is 14.2 Å². The standard InChI is InChI=1S/C62H115NO10/c1-4-7-10-13-16-19-22-25-26-27-28-29-32-34-37-40-43-46-49-55(66)61(70)63-53(54(65)48-45-42-39-36-33-30-23-20-17-14-11-8-5-2)52-71-62-60(59(69)58(68)56(51-64)72-62)73-57(67)50-47-44-41-38-35-31-24-21-18-15-12-9-6-3/h16,19,25-26,45,48,53-56,58-60,62,64-66,68-69H,4-15,17-18,20-24,27-44,46-47,49-52H2,1-3H3,(H,63,70)/b19-16-,26-25-,48-45+. The van der Waals surface area contributed by atoms with E-state index in [1.54, 1.807) is 6.08 Å². The number of aliphatic hydroxyl groups is 5. The van der Waals surface area contributed by atoms with Crippen molar-refractivity contribution in [1.29, 1.82) is 0 Å². The number of ether oxygens (including phenoxy) is 3. The van der Waals surface area contributed by atoms with Crippen molar-refractivity contribution in [1.82, 2.24) is 5.32 Å². The molecule has 0 aromatic rings. The third kappa shape index (κ3) is 39.0. The van der Waals surface area contributed by atoms with E-state index in [0.717, 1.165) is 70.6 Å². The van der Waals surface area contributed by atoms with Crippen molar-refractivity contribution in [3.63, 3.8) is 0 Å². The van der Waals surface area contributed by atoms with Gasteiger partial charge in [-0.3, -0.25) is 9.59 Å². The maximum atomic E-state index is 13.4. The summed E-state index contributed by atoms with van der Waals surface area (Å²) in [6.45, 7) is 5.77. The molecule has 8 unspecified atom stereocenters. The molecule has 0 aliphatic carbocycles. The van der Waals surface area contributed by atoms with Crippen LogP contribution >= 0.6 is 0 Å². The molecule has 0 spiro atoms. The molecule has 0 bridgehead atoms. The van der Waals surface area contributed by atoms with E-state index in [-0.39, 0.29) is 19.4 Å². The van der Waals surface area contributed by atoms with Crippen molar-refractivity contribution in [2.75, 3.05) is 13.2 Å². The fourth-order valence-electron chi connectivity index (χ4n) is 9.62. The van der Waals surface area contributed by atoms with Gasteiger partial charge in [-0.1, -0.05) is 256 Å². The second-order valence-corrected chi connectivity index (χ2v) is 21.4. The maximum Gasteiger partial charge on any atom is 0.306 e. The Balaban J connectivity index is 2.70. The van der Waals surface area contributed by atoms with Gasteiger partial charge in [0.1, 0.15) is 24.4 Å². The average molecular weight is 1030 g/mol. The number of hydrogen-bond donors (Lipinski definition) is 6. The Morgan fingerprint density at radius 2 is 0.945 bits per heavy atom. The van der Waals surface area contributed by atoms with Crippen LogP contribution in [0.2, 0.25) is 0 Å². The van der Waals surface area contributed by atoms with Crippen LogP contribution in [0.5, 0.6) is 0 Å². The van der Waals surface area contributed by atoms with Crippen LogP contribution in [0.4, 0.5) is 0 Å². The number of hydrogen-bond acceptors (Lipinski definition) is 10. The summed E-state index contributed by atoms with van der Waals surface area (Å²) in [5.74, 6) is -1.19. The van der Waals surface area contributed by atoms with Gasteiger partial charge in [0.2, 0.25) is 5.91 Å². The van der Waals surface area contributed by atoms with Crippen molar-refractivity contribution in [2.24, 2.45) is 0 Å². The second-order valence-electron chi connectivity index (χ2n) is 21.4. The number of allylic oxidation sites excluding steroid dienone is 5. The summed E-state index contributed by atoms with van der Waals surface area (Å²) in [6.07, 6.45) is 48.9. The molecular weight excluding hydrogens is 919 g/mol. The molecule has 1 saturated heterocycles. The van der Waals surface area contributed by atoms with Crippen LogP contribution in [-0.4, -0.2) is 99.6 Å².